The third-order valence-corrected chi connectivity index (χ3v) is 8.06. The molecule has 228 valence electrons. The number of fused-ring (bicyclic) bond motifs is 1. The van der Waals surface area contributed by atoms with Gasteiger partial charge in [0.05, 0.1) is 21.9 Å². The van der Waals surface area contributed by atoms with Crippen LogP contribution in [0.1, 0.15) is 41.5 Å². The van der Waals surface area contributed by atoms with Gasteiger partial charge in [0.1, 0.15) is 5.70 Å². The Bertz CT molecular complexity index is 1890. The Morgan fingerprint density at radius 3 is 2.47 bits per heavy atom. The molecule has 12 heteroatoms. The zero-order chi connectivity index (χ0) is 31.7. The Morgan fingerprint density at radius 2 is 1.82 bits per heavy atom. The van der Waals surface area contributed by atoms with E-state index in [0.29, 0.717) is 45.4 Å². The molecule has 2 saturated heterocycles. The second-order valence-corrected chi connectivity index (χ2v) is 11.0. The standard InChI is InChI=1S/C33H30N6O6/c1-37-27(31(41)36-33(37)43)18-21-8-12-23(13-9-21)34-30(29-25-19-24(39(44)45)14-15-26(25)35-32(29)42)22-10-6-20(7-11-22)4-2-16-38-17-3-5-28(38)40/h6-15,18-19,35,42H,2-5,16-17H2,1H3,(H,36,41,43)/b27-18-,34-30?. The van der Waals surface area contributed by atoms with Crippen LogP contribution in [-0.2, 0) is 16.0 Å². The van der Waals surface area contributed by atoms with Gasteiger partial charge in [0.25, 0.3) is 11.6 Å². The van der Waals surface area contributed by atoms with Crippen molar-refractivity contribution in [2.75, 3.05) is 20.1 Å². The van der Waals surface area contributed by atoms with Gasteiger partial charge in [0, 0.05) is 55.2 Å². The molecule has 0 radical (unpaired) electrons. The van der Waals surface area contributed by atoms with E-state index in [9.17, 15) is 29.6 Å². The molecular weight excluding hydrogens is 576 g/mol. The Hall–Kier alpha value is -5.78. The number of benzene rings is 3. The number of likely N-dealkylation sites (N-methyl/N-ethyl adjacent to an activating group) is 1. The van der Waals surface area contributed by atoms with Crippen LogP contribution in [0, 0.1) is 10.1 Å². The summed E-state index contributed by atoms with van der Waals surface area (Å²) in [5.41, 5.74) is 4.32. The van der Waals surface area contributed by atoms with Gasteiger partial charge in [-0.3, -0.25) is 29.9 Å². The van der Waals surface area contributed by atoms with E-state index in [1.54, 1.807) is 36.4 Å². The lowest BCUT2D eigenvalue weighted by Gasteiger charge is -2.15. The van der Waals surface area contributed by atoms with Crippen LogP contribution in [-0.4, -0.2) is 68.5 Å². The van der Waals surface area contributed by atoms with E-state index in [1.807, 2.05) is 29.2 Å². The van der Waals surface area contributed by atoms with Crippen molar-refractivity contribution in [2.24, 2.45) is 4.99 Å². The lowest BCUT2D eigenvalue weighted by molar-refractivity contribution is -0.384. The van der Waals surface area contributed by atoms with E-state index in [1.165, 1.54) is 24.1 Å². The first kappa shape index (κ1) is 29.3. The fourth-order valence-corrected chi connectivity index (χ4v) is 5.63. The maximum Gasteiger partial charge on any atom is 0.328 e. The van der Waals surface area contributed by atoms with Crippen molar-refractivity contribution in [1.82, 2.24) is 20.1 Å². The highest BCUT2D eigenvalue weighted by Crippen LogP contribution is 2.34. The number of hydrogen-bond donors (Lipinski definition) is 3. The van der Waals surface area contributed by atoms with E-state index >= 15 is 0 Å². The number of aromatic hydroxyl groups is 1. The summed E-state index contributed by atoms with van der Waals surface area (Å²) in [6.07, 6.45) is 4.76. The third kappa shape index (κ3) is 6.03. The number of rotatable bonds is 9. The number of nitrogens with one attached hydrogen (secondary N) is 2. The van der Waals surface area contributed by atoms with Gasteiger partial charge in [-0.15, -0.1) is 0 Å². The highest BCUT2D eigenvalue weighted by Gasteiger charge is 2.29. The number of nitrogens with zero attached hydrogens (tertiary/aromatic N) is 4. The molecule has 12 nitrogen and oxygen atoms in total. The second-order valence-electron chi connectivity index (χ2n) is 11.0. The summed E-state index contributed by atoms with van der Waals surface area (Å²) in [6.45, 7) is 1.54. The van der Waals surface area contributed by atoms with Crippen LogP contribution < -0.4 is 5.32 Å². The maximum absolute atomic E-state index is 12.1. The number of aliphatic imine (C=N–C) groups is 1. The van der Waals surface area contributed by atoms with Crippen molar-refractivity contribution in [1.29, 1.82) is 0 Å². The number of nitro groups is 1. The number of imide groups is 1. The fourth-order valence-electron chi connectivity index (χ4n) is 5.63. The molecule has 0 saturated carbocycles. The van der Waals surface area contributed by atoms with E-state index < -0.39 is 16.9 Å². The lowest BCUT2D eigenvalue weighted by Crippen LogP contribution is -2.25. The Kier molecular flexibility index (Phi) is 7.86. The van der Waals surface area contributed by atoms with Crippen LogP contribution in [0.15, 0.2) is 77.4 Å². The summed E-state index contributed by atoms with van der Waals surface area (Å²) >= 11 is 0. The first-order valence-corrected chi connectivity index (χ1v) is 14.5. The number of amides is 4. The van der Waals surface area contributed by atoms with Crippen molar-refractivity contribution >= 4 is 51.9 Å². The molecule has 3 heterocycles. The number of aromatic amines is 1. The summed E-state index contributed by atoms with van der Waals surface area (Å²) in [5, 5.41) is 25.3. The van der Waals surface area contributed by atoms with Crippen LogP contribution in [0.4, 0.5) is 16.2 Å². The fraction of sp³-hybridized carbons (Fsp3) is 0.212. The average molecular weight is 607 g/mol. The van der Waals surface area contributed by atoms with Crippen LogP contribution in [0.2, 0.25) is 0 Å². The van der Waals surface area contributed by atoms with Gasteiger partial charge in [-0.25, -0.2) is 9.79 Å². The predicted molar refractivity (Wildman–Crippen MR) is 168 cm³/mol. The van der Waals surface area contributed by atoms with Gasteiger partial charge in [0.15, 0.2) is 5.88 Å². The number of hydrogen-bond acceptors (Lipinski definition) is 7. The molecule has 0 bridgehead atoms. The zero-order valence-corrected chi connectivity index (χ0v) is 24.4. The number of aryl methyl sites for hydroxylation is 1. The molecule has 2 fully saturated rings. The molecule has 1 aromatic heterocycles. The van der Waals surface area contributed by atoms with E-state index in [2.05, 4.69) is 10.3 Å². The Balaban J connectivity index is 1.34. The van der Waals surface area contributed by atoms with Crippen molar-refractivity contribution in [3.63, 3.8) is 0 Å². The number of carbonyl (C=O) groups is 3. The zero-order valence-electron chi connectivity index (χ0n) is 24.4. The number of non-ortho nitro benzene ring substituents is 1. The second kappa shape index (κ2) is 12.1. The van der Waals surface area contributed by atoms with Gasteiger partial charge in [-0.1, -0.05) is 36.4 Å². The third-order valence-electron chi connectivity index (χ3n) is 8.06. The maximum atomic E-state index is 12.1. The Labute approximate surface area is 257 Å². The highest BCUT2D eigenvalue weighted by molar-refractivity contribution is 6.22. The molecule has 2 aliphatic rings. The van der Waals surface area contributed by atoms with Gasteiger partial charge >= 0.3 is 6.03 Å². The minimum absolute atomic E-state index is 0.120. The minimum atomic E-state index is -0.497. The largest absolute Gasteiger partial charge is 0.494 e. The molecule has 3 N–H and O–H groups in total. The van der Waals surface area contributed by atoms with Crippen molar-refractivity contribution < 1.29 is 24.4 Å². The number of urea groups is 1. The van der Waals surface area contributed by atoms with Gasteiger partial charge < -0.3 is 15.0 Å². The topological polar surface area (TPSA) is 161 Å². The first-order chi connectivity index (χ1) is 21.7. The number of likely N-dealkylation sites (tertiary alicyclic amines) is 1. The molecule has 0 unspecified atom stereocenters. The molecule has 0 atom stereocenters. The molecule has 3 aromatic carbocycles. The molecule has 45 heavy (non-hydrogen) atoms. The van der Waals surface area contributed by atoms with Gasteiger partial charge in [-0.05, 0) is 54.7 Å². The molecule has 0 aliphatic carbocycles. The summed E-state index contributed by atoms with van der Waals surface area (Å²) in [6, 6.07) is 18.6. The first-order valence-electron chi connectivity index (χ1n) is 14.5. The minimum Gasteiger partial charge on any atom is -0.494 e. The molecule has 2 aliphatic heterocycles. The molecule has 4 aromatic rings. The number of nitro benzene ring substituents is 1. The Morgan fingerprint density at radius 1 is 1.07 bits per heavy atom. The molecule has 6 rings (SSSR count). The van der Waals surface area contributed by atoms with Crippen LogP contribution in [0.5, 0.6) is 5.88 Å². The lowest BCUT2D eigenvalue weighted by atomic mass is 9.98. The van der Waals surface area contributed by atoms with Crippen molar-refractivity contribution in [2.45, 2.75) is 25.7 Å². The number of aromatic nitrogens is 1. The van der Waals surface area contributed by atoms with Crippen molar-refractivity contribution in [3.8, 4) is 5.88 Å². The summed E-state index contributed by atoms with van der Waals surface area (Å²) < 4.78 is 0. The van der Waals surface area contributed by atoms with Crippen LogP contribution >= 0.6 is 0 Å². The summed E-state index contributed by atoms with van der Waals surface area (Å²) in [7, 11) is 1.51. The molecular formula is C33H30N6O6. The average Bonchev–Trinajstić information content (AvgIpc) is 3.66. The summed E-state index contributed by atoms with van der Waals surface area (Å²) in [5.74, 6) is -0.449. The number of H-pyrrole nitrogens is 1. The predicted octanol–water partition coefficient (Wildman–Crippen LogP) is 5.03. The molecule has 4 amide bonds. The van der Waals surface area contributed by atoms with Crippen LogP contribution in [0.25, 0.3) is 17.0 Å². The highest BCUT2D eigenvalue weighted by atomic mass is 16.6. The van der Waals surface area contributed by atoms with Gasteiger partial charge in [0.2, 0.25) is 5.91 Å². The SMILES string of the molecule is CN1C(=O)NC(=O)/C1=C/c1ccc(N=C(c2ccc(CCCN3CCCC3=O)cc2)c2c(O)[nH]c3ccc([N+](=O)[O-])cc23)cc1. The quantitative estimate of drug-likeness (QED) is 0.0796. The number of carbonyl (C=O) groups excluding carboxylic acids is 3. The normalized spacial score (nSPS) is 16.3. The van der Waals surface area contributed by atoms with E-state index in [0.717, 1.165) is 37.9 Å². The van der Waals surface area contributed by atoms with Crippen LogP contribution in [0.3, 0.4) is 0 Å². The van der Waals surface area contributed by atoms with E-state index in [-0.39, 0.29) is 23.2 Å². The summed E-state index contributed by atoms with van der Waals surface area (Å²) in [4.78, 5) is 57.8. The van der Waals surface area contributed by atoms with Crippen molar-refractivity contribution in [3.05, 3.63) is 105 Å². The molecule has 0 spiro atoms. The monoisotopic (exact) mass is 606 g/mol. The van der Waals surface area contributed by atoms with E-state index in [4.69, 9.17) is 4.99 Å². The smallest absolute Gasteiger partial charge is 0.328 e. The van der Waals surface area contributed by atoms with Gasteiger partial charge in [-0.2, -0.15) is 0 Å².